The van der Waals surface area contributed by atoms with Gasteiger partial charge in [-0.1, -0.05) is 37.3 Å². The van der Waals surface area contributed by atoms with Gasteiger partial charge >= 0.3 is 5.97 Å². The van der Waals surface area contributed by atoms with Crippen molar-refractivity contribution in [2.75, 3.05) is 6.54 Å². The van der Waals surface area contributed by atoms with Crippen molar-refractivity contribution in [1.29, 1.82) is 0 Å². The molecule has 0 aliphatic rings. The lowest BCUT2D eigenvalue weighted by Crippen LogP contribution is -2.34. The van der Waals surface area contributed by atoms with E-state index in [9.17, 15) is 4.79 Å². The predicted octanol–water partition coefficient (Wildman–Crippen LogP) is 2.68. The number of carbonyl (C=O) groups is 1. The monoisotopic (exact) mass is 235 g/mol. The van der Waals surface area contributed by atoms with Crippen molar-refractivity contribution in [3.63, 3.8) is 0 Å². The van der Waals surface area contributed by atoms with Gasteiger partial charge in [0.15, 0.2) is 0 Å². The average molecular weight is 235 g/mol. The van der Waals surface area contributed by atoms with E-state index in [0.717, 1.165) is 12.1 Å². The van der Waals surface area contributed by atoms with Gasteiger partial charge in [0.25, 0.3) is 0 Å². The summed E-state index contributed by atoms with van der Waals surface area (Å²) in [5.74, 6) is -0.231. The lowest BCUT2D eigenvalue weighted by molar-refractivity contribution is -0.157. The summed E-state index contributed by atoms with van der Waals surface area (Å²) < 4.78 is 5.41. The lowest BCUT2D eigenvalue weighted by atomic mass is 10.1. The smallest absolute Gasteiger partial charge is 0.328 e. The Morgan fingerprint density at radius 2 is 1.88 bits per heavy atom. The van der Waals surface area contributed by atoms with E-state index in [1.165, 1.54) is 0 Å². The summed E-state index contributed by atoms with van der Waals surface area (Å²) in [5.41, 5.74) is 0.475. The summed E-state index contributed by atoms with van der Waals surface area (Å²) in [6.07, 6.45) is 0. The molecule has 0 unspecified atom stereocenters. The summed E-state index contributed by atoms with van der Waals surface area (Å²) in [5, 5.41) is 3.15. The van der Waals surface area contributed by atoms with Crippen LogP contribution in [0.3, 0.4) is 0 Å². The zero-order valence-electron chi connectivity index (χ0n) is 11.0. The normalized spacial score (nSPS) is 13.2. The van der Waals surface area contributed by atoms with Crippen LogP contribution in [0.25, 0.3) is 0 Å². The summed E-state index contributed by atoms with van der Waals surface area (Å²) >= 11 is 0. The van der Waals surface area contributed by atoms with E-state index in [2.05, 4.69) is 5.32 Å². The van der Waals surface area contributed by atoms with Crippen LogP contribution in [0.15, 0.2) is 30.3 Å². The Labute approximate surface area is 103 Å². The maximum absolute atomic E-state index is 12.1. The Hall–Kier alpha value is -1.35. The van der Waals surface area contributed by atoms with E-state index in [1.807, 2.05) is 58.0 Å². The Kier molecular flexibility index (Phi) is 4.70. The Bertz CT molecular complexity index is 354. The number of hydrogen-bond donors (Lipinski definition) is 1. The van der Waals surface area contributed by atoms with E-state index in [4.69, 9.17) is 4.74 Å². The van der Waals surface area contributed by atoms with Gasteiger partial charge in [-0.25, -0.2) is 4.79 Å². The van der Waals surface area contributed by atoms with Crippen molar-refractivity contribution in [2.45, 2.75) is 39.3 Å². The molecule has 1 atom stereocenters. The predicted molar refractivity (Wildman–Crippen MR) is 68.7 cm³/mol. The maximum atomic E-state index is 12.1. The van der Waals surface area contributed by atoms with Gasteiger partial charge in [0.1, 0.15) is 11.6 Å². The molecule has 0 aliphatic carbocycles. The molecular formula is C14H21NO2. The number of nitrogens with one attached hydrogen (secondary N) is 1. The quantitative estimate of drug-likeness (QED) is 0.815. The van der Waals surface area contributed by atoms with Crippen molar-refractivity contribution in [1.82, 2.24) is 5.32 Å². The highest BCUT2D eigenvalue weighted by Crippen LogP contribution is 2.18. The molecule has 1 N–H and O–H groups in total. The minimum absolute atomic E-state index is 0.231. The summed E-state index contributed by atoms with van der Waals surface area (Å²) in [6.45, 7) is 8.32. The van der Waals surface area contributed by atoms with Crippen LogP contribution in [-0.2, 0) is 9.53 Å². The maximum Gasteiger partial charge on any atom is 0.328 e. The van der Waals surface area contributed by atoms with Crippen LogP contribution in [-0.4, -0.2) is 18.1 Å². The third-order valence-corrected chi connectivity index (χ3v) is 2.18. The molecule has 1 rings (SSSR count). The summed E-state index contributed by atoms with van der Waals surface area (Å²) in [6, 6.07) is 9.24. The van der Waals surface area contributed by atoms with Crippen molar-refractivity contribution in [3.05, 3.63) is 35.9 Å². The van der Waals surface area contributed by atoms with Gasteiger partial charge in [0.2, 0.25) is 0 Å². The lowest BCUT2D eigenvalue weighted by Gasteiger charge is -2.24. The minimum Gasteiger partial charge on any atom is -0.459 e. The van der Waals surface area contributed by atoms with Crippen LogP contribution in [0.4, 0.5) is 0 Å². The van der Waals surface area contributed by atoms with Crippen LogP contribution in [0, 0.1) is 0 Å². The highest BCUT2D eigenvalue weighted by molar-refractivity contribution is 5.78. The van der Waals surface area contributed by atoms with Gasteiger partial charge in [-0.3, -0.25) is 0 Å². The number of benzene rings is 1. The van der Waals surface area contributed by atoms with E-state index in [1.54, 1.807) is 0 Å². The molecule has 0 heterocycles. The van der Waals surface area contributed by atoms with E-state index in [0.29, 0.717) is 0 Å². The zero-order chi connectivity index (χ0) is 12.9. The molecule has 0 radical (unpaired) electrons. The third-order valence-electron chi connectivity index (χ3n) is 2.18. The first kappa shape index (κ1) is 13.7. The minimum atomic E-state index is -0.459. The molecule has 0 aromatic heterocycles. The average Bonchev–Trinajstić information content (AvgIpc) is 2.24. The molecule has 1 aromatic rings. The van der Waals surface area contributed by atoms with Crippen LogP contribution in [0.5, 0.6) is 0 Å². The fourth-order valence-corrected chi connectivity index (χ4v) is 1.55. The first-order valence-electron chi connectivity index (χ1n) is 5.95. The van der Waals surface area contributed by atoms with Gasteiger partial charge in [0, 0.05) is 0 Å². The van der Waals surface area contributed by atoms with E-state index < -0.39 is 5.60 Å². The molecule has 3 nitrogen and oxygen atoms in total. The molecule has 0 aliphatic heterocycles. The molecule has 0 saturated carbocycles. The highest BCUT2D eigenvalue weighted by Gasteiger charge is 2.25. The van der Waals surface area contributed by atoms with E-state index >= 15 is 0 Å². The van der Waals surface area contributed by atoms with Crippen molar-refractivity contribution in [2.24, 2.45) is 0 Å². The number of likely N-dealkylation sites (N-methyl/N-ethyl adjacent to an activating group) is 1. The molecule has 0 spiro atoms. The molecule has 17 heavy (non-hydrogen) atoms. The fourth-order valence-electron chi connectivity index (χ4n) is 1.55. The summed E-state index contributed by atoms with van der Waals surface area (Å²) in [4.78, 5) is 12.1. The highest BCUT2D eigenvalue weighted by atomic mass is 16.6. The number of ether oxygens (including phenoxy) is 1. The Balaban J connectivity index is 2.83. The van der Waals surface area contributed by atoms with Crippen molar-refractivity contribution < 1.29 is 9.53 Å². The van der Waals surface area contributed by atoms with Crippen LogP contribution in [0.2, 0.25) is 0 Å². The molecule has 0 bridgehead atoms. The number of rotatable bonds is 4. The zero-order valence-corrected chi connectivity index (χ0v) is 11.0. The molecule has 1 aromatic carbocycles. The van der Waals surface area contributed by atoms with Gasteiger partial charge in [-0.2, -0.15) is 0 Å². The second-order valence-electron chi connectivity index (χ2n) is 4.93. The fraction of sp³-hybridized carbons (Fsp3) is 0.500. The van der Waals surface area contributed by atoms with Crippen LogP contribution < -0.4 is 5.32 Å². The molecule has 94 valence electrons. The Morgan fingerprint density at radius 3 is 2.35 bits per heavy atom. The molecule has 0 amide bonds. The van der Waals surface area contributed by atoms with E-state index in [-0.39, 0.29) is 12.0 Å². The SMILES string of the molecule is CCN[C@@H](C(=O)OC(C)(C)C)c1ccccc1. The van der Waals surface area contributed by atoms with Crippen molar-refractivity contribution >= 4 is 5.97 Å². The number of hydrogen-bond acceptors (Lipinski definition) is 3. The summed E-state index contributed by atoms with van der Waals surface area (Å²) in [7, 11) is 0. The van der Waals surface area contributed by atoms with Gasteiger partial charge in [-0.15, -0.1) is 0 Å². The largest absolute Gasteiger partial charge is 0.459 e. The molecule has 3 heteroatoms. The second kappa shape index (κ2) is 5.82. The second-order valence-corrected chi connectivity index (χ2v) is 4.93. The standard InChI is InChI=1S/C14H21NO2/c1-5-15-12(11-9-7-6-8-10-11)13(16)17-14(2,3)4/h6-10,12,15H,5H2,1-4H3/t12-/m1/s1. The van der Waals surface area contributed by atoms with Crippen LogP contribution in [0.1, 0.15) is 39.3 Å². The Morgan fingerprint density at radius 1 is 1.29 bits per heavy atom. The topological polar surface area (TPSA) is 38.3 Å². The first-order valence-corrected chi connectivity index (χ1v) is 5.95. The number of esters is 1. The third kappa shape index (κ3) is 4.57. The van der Waals surface area contributed by atoms with Gasteiger partial charge in [0.05, 0.1) is 0 Å². The van der Waals surface area contributed by atoms with Crippen LogP contribution >= 0.6 is 0 Å². The molecular weight excluding hydrogens is 214 g/mol. The first-order chi connectivity index (χ1) is 7.94. The molecule has 0 saturated heterocycles. The number of carbonyl (C=O) groups excluding carboxylic acids is 1. The molecule has 0 fully saturated rings. The van der Waals surface area contributed by atoms with Gasteiger partial charge in [-0.05, 0) is 32.9 Å². The van der Waals surface area contributed by atoms with Crippen molar-refractivity contribution in [3.8, 4) is 0 Å². The van der Waals surface area contributed by atoms with Gasteiger partial charge < -0.3 is 10.1 Å².